The summed E-state index contributed by atoms with van der Waals surface area (Å²) < 4.78 is 0. The minimum Gasteiger partial charge on any atom is -0.507 e. The molecule has 24 heavy (non-hydrogen) atoms. The van der Waals surface area contributed by atoms with Gasteiger partial charge in [0.1, 0.15) is 11.3 Å². The second-order valence-corrected chi connectivity index (χ2v) is 5.83. The summed E-state index contributed by atoms with van der Waals surface area (Å²) in [4.78, 5) is 10.3. The smallest absolute Gasteiger partial charge is 0.339 e. The number of carboxylic acids is 1. The third kappa shape index (κ3) is 8.37. The molecule has 0 aliphatic carbocycles. The molecule has 3 nitrogen and oxygen atoms in total. The Morgan fingerprint density at radius 3 is 2.00 bits per heavy atom. The summed E-state index contributed by atoms with van der Waals surface area (Å²) >= 11 is 0. The van der Waals surface area contributed by atoms with Crippen LogP contribution in [0.2, 0.25) is 0 Å². The van der Waals surface area contributed by atoms with Crippen LogP contribution < -0.4 is 0 Å². The number of benzene rings is 2. The number of aromatic hydroxyl groups is 1. The van der Waals surface area contributed by atoms with Gasteiger partial charge in [-0.25, -0.2) is 4.79 Å². The Morgan fingerprint density at radius 2 is 1.42 bits per heavy atom. The third-order valence-electron chi connectivity index (χ3n) is 3.80. The zero-order chi connectivity index (χ0) is 17.6. The van der Waals surface area contributed by atoms with Crippen LogP contribution in [0.1, 0.15) is 61.4 Å². The Morgan fingerprint density at radius 1 is 0.833 bits per heavy atom. The maximum Gasteiger partial charge on any atom is 0.339 e. The summed E-state index contributed by atoms with van der Waals surface area (Å²) in [5.41, 5.74) is 1.42. The van der Waals surface area contributed by atoms with E-state index in [1.54, 1.807) is 12.1 Å². The van der Waals surface area contributed by atoms with E-state index in [0.29, 0.717) is 0 Å². The number of hydrogen-bond donors (Lipinski definition) is 2. The van der Waals surface area contributed by atoms with Crippen molar-refractivity contribution in [2.45, 2.75) is 51.9 Å². The fraction of sp³-hybridized carbons (Fsp3) is 0.381. The van der Waals surface area contributed by atoms with E-state index >= 15 is 0 Å². The van der Waals surface area contributed by atoms with Crippen molar-refractivity contribution in [1.82, 2.24) is 0 Å². The molecule has 0 amide bonds. The van der Waals surface area contributed by atoms with Crippen molar-refractivity contribution in [2.75, 3.05) is 0 Å². The average molecular weight is 328 g/mol. The van der Waals surface area contributed by atoms with E-state index < -0.39 is 5.97 Å². The molecule has 0 spiro atoms. The van der Waals surface area contributed by atoms with Crippen molar-refractivity contribution >= 4 is 5.97 Å². The molecule has 130 valence electrons. The maximum atomic E-state index is 10.3. The van der Waals surface area contributed by atoms with E-state index in [9.17, 15) is 4.79 Å². The quantitative estimate of drug-likeness (QED) is 0.613. The summed E-state index contributed by atoms with van der Waals surface area (Å²) in [6.07, 6.45) is 9.60. The zero-order valence-electron chi connectivity index (χ0n) is 14.4. The molecule has 0 aliphatic rings. The average Bonchev–Trinajstić information content (AvgIpc) is 2.60. The molecule has 0 atom stereocenters. The van der Waals surface area contributed by atoms with E-state index in [0.717, 1.165) is 0 Å². The standard InChI is InChI=1S/C14H22.C7H6O3/c1-2-3-4-5-6-8-11-14-12-9-7-10-13-14;8-6-4-2-1-3-5(6)7(9)10/h7,9-10,12-13H,2-6,8,11H2,1H3;1-4,8H,(H,9,10). The lowest BCUT2D eigenvalue weighted by atomic mass is 10.1. The lowest BCUT2D eigenvalue weighted by Gasteiger charge is -2.01. The molecule has 2 rings (SSSR count). The molecule has 2 aromatic carbocycles. The van der Waals surface area contributed by atoms with E-state index in [4.69, 9.17) is 10.2 Å². The molecule has 0 aliphatic heterocycles. The van der Waals surface area contributed by atoms with Gasteiger partial charge >= 0.3 is 5.97 Å². The van der Waals surface area contributed by atoms with Gasteiger partial charge in [-0.05, 0) is 30.5 Å². The molecular formula is C21H28O3. The van der Waals surface area contributed by atoms with Crippen LogP contribution in [-0.4, -0.2) is 16.2 Å². The monoisotopic (exact) mass is 328 g/mol. The summed E-state index contributed by atoms with van der Waals surface area (Å²) in [5.74, 6) is -1.31. The Balaban J connectivity index is 0.000000254. The molecule has 0 saturated heterocycles. The molecule has 2 N–H and O–H groups in total. The van der Waals surface area contributed by atoms with Crippen LogP contribution in [0.3, 0.4) is 0 Å². The van der Waals surface area contributed by atoms with Crippen molar-refractivity contribution in [1.29, 1.82) is 0 Å². The molecule has 0 heterocycles. The molecular weight excluding hydrogens is 300 g/mol. The van der Waals surface area contributed by atoms with E-state index in [1.807, 2.05) is 0 Å². The molecule has 3 heteroatoms. The van der Waals surface area contributed by atoms with Crippen LogP contribution in [0.15, 0.2) is 54.6 Å². The molecule has 0 radical (unpaired) electrons. The fourth-order valence-corrected chi connectivity index (χ4v) is 2.41. The number of unbranched alkanes of at least 4 members (excludes halogenated alkanes) is 5. The van der Waals surface area contributed by atoms with E-state index in [2.05, 4.69) is 37.3 Å². The van der Waals surface area contributed by atoms with Gasteiger partial charge in [0, 0.05) is 0 Å². The van der Waals surface area contributed by atoms with E-state index in [1.165, 1.54) is 62.6 Å². The minimum atomic E-state index is -1.11. The topological polar surface area (TPSA) is 57.5 Å². The number of phenols is 1. The van der Waals surface area contributed by atoms with Gasteiger partial charge in [0.2, 0.25) is 0 Å². The maximum absolute atomic E-state index is 10.3. The second-order valence-electron chi connectivity index (χ2n) is 5.83. The van der Waals surface area contributed by atoms with Crippen LogP contribution >= 0.6 is 0 Å². The van der Waals surface area contributed by atoms with Crippen molar-refractivity contribution in [3.63, 3.8) is 0 Å². The predicted octanol–water partition coefficient (Wildman–Crippen LogP) is 5.68. The first-order valence-corrected chi connectivity index (χ1v) is 8.70. The molecule has 2 aromatic rings. The van der Waals surface area contributed by atoms with Crippen molar-refractivity contribution in [3.05, 3.63) is 65.7 Å². The summed E-state index contributed by atoms with van der Waals surface area (Å²) in [6.45, 7) is 2.27. The summed E-state index contributed by atoms with van der Waals surface area (Å²) in [5, 5.41) is 17.3. The lowest BCUT2D eigenvalue weighted by molar-refractivity contribution is 0.0693. The number of rotatable bonds is 8. The number of carboxylic acid groups (broad SMARTS) is 1. The van der Waals surface area contributed by atoms with Gasteiger partial charge in [-0.15, -0.1) is 0 Å². The van der Waals surface area contributed by atoms with Crippen LogP contribution in [0.4, 0.5) is 0 Å². The molecule has 0 unspecified atom stereocenters. The normalized spacial score (nSPS) is 9.88. The minimum absolute atomic E-state index is 0.0671. The zero-order valence-corrected chi connectivity index (χ0v) is 14.4. The van der Waals surface area contributed by atoms with Gasteiger partial charge in [-0.3, -0.25) is 0 Å². The number of hydrogen-bond acceptors (Lipinski definition) is 2. The number of aryl methyl sites for hydroxylation is 1. The number of carbonyl (C=O) groups is 1. The van der Waals surface area contributed by atoms with Gasteiger partial charge in [0.05, 0.1) is 0 Å². The fourth-order valence-electron chi connectivity index (χ4n) is 2.41. The highest BCUT2D eigenvalue weighted by molar-refractivity contribution is 5.90. The third-order valence-corrected chi connectivity index (χ3v) is 3.80. The summed E-state index contributed by atoms with van der Waals surface area (Å²) in [7, 11) is 0. The van der Waals surface area contributed by atoms with Gasteiger partial charge in [0.25, 0.3) is 0 Å². The van der Waals surface area contributed by atoms with Crippen molar-refractivity contribution < 1.29 is 15.0 Å². The number of para-hydroxylation sites is 1. The molecule has 0 saturated carbocycles. The molecule has 0 aromatic heterocycles. The lowest BCUT2D eigenvalue weighted by Crippen LogP contribution is -1.95. The highest BCUT2D eigenvalue weighted by Crippen LogP contribution is 2.14. The molecule has 0 fully saturated rings. The number of aromatic carboxylic acids is 1. The first-order chi connectivity index (χ1) is 11.6. The second kappa shape index (κ2) is 12.2. The van der Waals surface area contributed by atoms with Crippen molar-refractivity contribution in [2.24, 2.45) is 0 Å². The van der Waals surface area contributed by atoms with Crippen LogP contribution in [0, 0.1) is 0 Å². The van der Waals surface area contributed by atoms with Crippen LogP contribution in [0.5, 0.6) is 5.75 Å². The highest BCUT2D eigenvalue weighted by atomic mass is 16.4. The van der Waals surface area contributed by atoms with Crippen LogP contribution in [0.25, 0.3) is 0 Å². The van der Waals surface area contributed by atoms with Gasteiger partial charge in [-0.1, -0.05) is 81.5 Å². The van der Waals surface area contributed by atoms with E-state index in [-0.39, 0.29) is 11.3 Å². The SMILES string of the molecule is CCCCCCCCc1ccccc1.O=C(O)c1ccccc1O. The first-order valence-electron chi connectivity index (χ1n) is 8.70. The van der Waals surface area contributed by atoms with Gasteiger partial charge < -0.3 is 10.2 Å². The van der Waals surface area contributed by atoms with Gasteiger partial charge in [0.15, 0.2) is 0 Å². The Kier molecular flexibility index (Phi) is 10.0. The first kappa shape index (κ1) is 19.8. The molecule has 0 bridgehead atoms. The Labute approximate surface area is 145 Å². The van der Waals surface area contributed by atoms with Crippen molar-refractivity contribution in [3.8, 4) is 5.75 Å². The van der Waals surface area contributed by atoms with Crippen LogP contribution in [-0.2, 0) is 6.42 Å². The van der Waals surface area contributed by atoms with Gasteiger partial charge in [-0.2, -0.15) is 0 Å². The summed E-state index contributed by atoms with van der Waals surface area (Å²) in [6, 6.07) is 16.6. The highest BCUT2D eigenvalue weighted by Gasteiger charge is 2.05. The Bertz CT molecular complexity index is 579. The largest absolute Gasteiger partial charge is 0.507 e. The predicted molar refractivity (Wildman–Crippen MR) is 98.6 cm³/mol. The Hall–Kier alpha value is -2.29.